The molecule has 0 aliphatic carbocycles. The molecule has 1 saturated heterocycles. The minimum atomic E-state index is 0.108. The number of rotatable bonds is 3. The SMILES string of the molecule is CNC1CCN(C(=O)c2ccc(-c3ccc(O)cc3)cc2)CC1. The van der Waals surface area contributed by atoms with Crippen LogP contribution in [0, 0.1) is 0 Å². The highest BCUT2D eigenvalue weighted by Gasteiger charge is 2.22. The van der Waals surface area contributed by atoms with Crippen molar-refractivity contribution in [2.45, 2.75) is 18.9 Å². The van der Waals surface area contributed by atoms with E-state index in [1.807, 2.05) is 48.3 Å². The van der Waals surface area contributed by atoms with Crippen molar-refractivity contribution in [2.24, 2.45) is 0 Å². The van der Waals surface area contributed by atoms with Crippen LogP contribution in [-0.2, 0) is 0 Å². The molecule has 1 heterocycles. The Morgan fingerprint density at radius 3 is 2.04 bits per heavy atom. The van der Waals surface area contributed by atoms with Gasteiger partial charge in [-0.3, -0.25) is 4.79 Å². The first-order valence-corrected chi connectivity index (χ1v) is 8.03. The quantitative estimate of drug-likeness (QED) is 0.916. The van der Waals surface area contributed by atoms with E-state index in [-0.39, 0.29) is 11.7 Å². The second kappa shape index (κ2) is 6.84. The van der Waals surface area contributed by atoms with E-state index in [2.05, 4.69) is 5.32 Å². The number of hydrogen-bond acceptors (Lipinski definition) is 3. The Morgan fingerprint density at radius 1 is 1.00 bits per heavy atom. The minimum absolute atomic E-state index is 0.108. The maximum absolute atomic E-state index is 12.6. The molecular formula is C19H22N2O2. The highest BCUT2D eigenvalue weighted by molar-refractivity contribution is 5.94. The van der Waals surface area contributed by atoms with Crippen molar-refractivity contribution in [1.82, 2.24) is 10.2 Å². The van der Waals surface area contributed by atoms with Crippen molar-refractivity contribution in [3.05, 3.63) is 54.1 Å². The van der Waals surface area contributed by atoms with E-state index in [0.29, 0.717) is 6.04 Å². The molecule has 1 aliphatic rings. The van der Waals surface area contributed by atoms with E-state index in [9.17, 15) is 9.90 Å². The maximum Gasteiger partial charge on any atom is 0.253 e. The number of nitrogens with one attached hydrogen (secondary N) is 1. The van der Waals surface area contributed by atoms with Crippen molar-refractivity contribution >= 4 is 5.91 Å². The molecule has 0 saturated carbocycles. The van der Waals surface area contributed by atoms with Gasteiger partial charge in [0.05, 0.1) is 0 Å². The largest absolute Gasteiger partial charge is 0.508 e. The number of phenols is 1. The molecule has 4 nitrogen and oxygen atoms in total. The van der Waals surface area contributed by atoms with Gasteiger partial charge >= 0.3 is 0 Å². The third kappa shape index (κ3) is 3.54. The van der Waals surface area contributed by atoms with Crippen LogP contribution in [0.1, 0.15) is 23.2 Å². The third-order valence-electron chi connectivity index (χ3n) is 4.52. The first-order chi connectivity index (χ1) is 11.2. The van der Waals surface area contributed by atoms with Crippen LogP contribution in [0.2, 0.25) is 0 Å². The average molecular weight is 310 g/mol. The van der Waals surface area contributed by atoms with Gasteiger partial charge in [-0.2, -0.15) is 0 Å². The summed E-state index contributed by atoms with van der Waals surface area (Å²) >= 11 is 0. The van der Waals surface area contributed by atoms with Gasteiger partial charge in [-0.25, -0.2) is 0 Å². The van der Waals surface area contributed by atoms with Crippen LogP contribution in [0.3, 0.4) is 0 Å². The van der Waals surface area contributed by atoms with Crippen LogP contribution in [0.25, 0.3) is 11.1 Å². The van der Waals surface area contributed by atoms with Gasteiger partial charge in [0.2, 0.25) is 0 Å². The topological polar surface area (TPSA) is 52.6 Å². The summed E-state index contributed by atoms with van der Waals surface area (Å²) in [6.07, 6.45) is 2.02. The van der Waals surface area contributed by atoms with E-state index in [1.165, 1.54) is 0 Å². The zero-order chi connectivity index (χ0) is 16.2. The molecule has 1 aliphatic heterocycles. The molecule has 0 spiro atoms. The van der Waals surface area contributed by atoms with Crippen molar-refractivity contribution in [2.75, 3.05) is 20.1 Å². The highest BCUT2D eigenvalue weighted by atomic mass is 16.3. The van der Waals surface area contributed by atoms with Crippen molar-refractivity contribution < 1.29 is 9.90 Å². The first kappa shape index (κ1) is 15.6. The summed E-state index contributed by atoms with van der Waals surface area (Å²) in [6.45, 7) is 1.62. The Morgan fingerprint density at radius 2 is 1.52 bits per heavy atom. The zero-order valence-electron chi connectivity index (χ0n) is 13.3. The van der Waals surface area contributed by atoms with Gasteiger partial charge in [-0.1, -0.05) is 24.3 Å². The summed E-state index contributed by atoms with van der Waals surface area (Å²) in [4.78, 5) is 14.5. The van der Waals surface area contributed by atoms with Crippen LogP contribution in [0.15, 0.2) is 48.5 Å². The Bertz CT molecular complexity index is 657. The Hall–Kier alpha value is -2.33. The number of likely N-dealkylation sites (tertiary alicyclic amines) is 1. The average Bonchev–Trinajstić information content (AvgIpc) is 2.62. The molecule has 1 fully saturated rings. The van der Waals surface area contributed by atoms with Crippen LogP contribution >= 0.6 is 0 Å². The molecule has 2 aromatic carbocycles. The summed E-state index contributed by atoms with van der Waals surface area (Å²) in [5.41, 5.74) is 2.79. The van der Waals surface area contributed by atoms with Crippen molar-refractivity contribution in [3.63, 3.8) is 0 Å². The lowest BCUT2D eigenvalue weighted by molar-refractivity contribution is 0.0707. The van der Waals surface area contributed by atoms with Crippen molar-refractivity contribution in [1.29, 1.82) is 0 Å². The minimum Gasteiger partial charge on any atom is -0.508 e. The number of benzene rings is 2. The molecule has 0 bridgehead atoms. The Kier molecular flexibility index (Phi) is 4.63. The normalized spacial score (nSPS) is 15.6. The Labute approximate surface area is 136 Å². The molecule has 2 N–H and O–H groups in total. The van der Waals surface area contributed by atoms with E-state index in [4.69, 9.17) is 0 Å². The number of aromatic hydroxyl groups is 1. The monoisotopic (exact) mass is 310 g/mol. The molecule has 2 aromatic rings. The predicted molar refractivity (Wildman–Crippen MR) is 91.5 cm³/mol. The number of nitrogens with zero attached hydrogens (tertiary/aromatic N) is 1. The molecule has 3 rings (SSSR count). The molecule has 0 radical (unpaired) electrons. The van der Waals surface area contributed by atoms with Crippen LogP contribution in [0.4, 0.5) is 0 Å². The first-order valence-electron chi connectivity index (χ1n) is 8.03. The van der Waals surface area contributed by atoms with Gasteiger partial charge in [0.25, 0.3) is 5.91 Å². The van der Waals surface area contributed by atoms with Gasteiger partial charge in [0, 0.05) is 24.7 Å². The summed E-state index contributed by atoms with van der Waals surface area (Å²) in [7, 11) is 1.98. The summed E-state index contributed by atoms with van der Waals surface area (Å²) in [5, 5.41) is 12.6. The third-order valence-corrected chi connectivity index (χ3v) is 4.52. The van der Waals surface area contributed by atoms with Gasteiger partial charge < -0.3 is 15.3 Å². The highest BCUT2D eigenvalue weighted by Crippen LogP contribution is 2.23. The number of phenolic OH excluding ortho intramolecular Hbond substituents is 1. The maximum atomic E-state index is 12.6. The van der Waals surface area contributed by atoms with E-state index >= 15 is 0 Å². The van der Waals surface area contributed by atoms with E-state index < -0.39 is 0 Å². The standard InChI is InChI=1S/C19H22N2O2/c1-20-17-10-12-21(13-11-17)19(23)16-4-2-14(3-5-16)15-6-8-18(22)9-7-15/h2-9,17,20,22H,10-13H2,1H3. The molecule has 120 valence electrons. The number of amides is 1. The molecular weight excluding hydrogens is 288 g/mol. The predicted octanol–water partition coefficient (Wildman–Crippen LogP) is 2.88. The lowest BCUT2D eigenvalue weighted by Crippen LogP contribution is -2.43. The van der Waals surface area contributed by atoms with E-state index in [1.54, 1.807) is 12.1 Å². The fourth-order valence-electron chi connectivity index (χ4n) is 3.01. The number of carbonyl (C=O) groups excluding carboxylic acids is 1. The number of carbonyl (C=O) groups is 1. The van der Waals surface area contributed by atoms with Gasteiger partial charge in [-0.05, 0) is 55.3 Å². The molecule has 23 heavy (non-hydrogen) atoms. The fraction of sp³-hybridized carbons (Fsp3) is 0.316. The lowest BCUT2D eigenvalue weighted by atomic mass is 10.0. The molecule has 0 unspecified atom stereocenters. The molecule has 4 heteroatoms. The van der Waals surface area contributed by atoms with Gasteiger partial charge in [0.1, 0.15) is 5.75 Å². The number of hydrogen-bond donors (Lipinski definition) is 2. The van der Waals surface area contributed by atoms with Crippen LogP contribution in [0.5, 0.6) is 5.75 Å². The summed E-state index contributed by atoms with van der Waals surface area (Å²) in [6, 6.07) is 15.3. The van der Waals surface area contributed by atoms with E-state index in [0.717, 1.165) is 42.6 Å². The molecule has 1 amide bonds. The lowest BCUT2D eigenvalue weighted by Gasteiger charge is -2.31. The van der Waals surface area contributed by atoms with Crippen molar-refractivity contribution in [3.8, 4) is 16.9 Å². The summed E-state index contributed by atoms with van der Waals surface area (Å²) < 4.78 is 0. The second-order valence-electron chi connectivity index (χ2n) is 5.98. The Balaban J connectivity index is 1.69. The van der Waals surface area contributed by atoms with Gasteiger partial charge in [0.15, 0.2) is 0 Å². The molecule has 0 atom stereocenters. The van der Waals surface area contributed by atoms with Gasteiger partial charge in [-0.15, -0.1) is 0 Å². The van der Waals surface area contributed by atoms with Crippen LogP contribution in [-0.4, -0.2) is 42.1 Å². The fourth-order valence-corrected chi connectivity index (χ4v) is 3.01. The van der Waals surface area contributed by atoms with Crippen LogP contribution < -0.4 is 5.32 Å². The number of piperidine rings is 1. The molecule has 0 aromatic heterocycles. The zero-order valence-corrected chi connectivity index (χ0v) is 13.3. The second-order valence-corrected chi connectivity index (χ2v) is 5.98. The smallest absolute Gasteiger partial charge is 0.253 e. The summed E-state index contributed by atoms with van der Waals surface area (Å²) in [5.74, 6) is 0.363.